The summed E-state index contributed by atoms with van der Waals surface area (Å²) in [6, 6.07) is 103. The number of fused-ring (bicyclic) bond motifs is 8. The highest BCUT2D eigenvalue weighted by Gasteiger charge is 2.46. The van der Waals surface area contributed by atoms with Crippen LogP contribution < -0.4 is 4.90 Å². The minimum Gasteiger partial charge on any atom is -0.309 e. The molecule has 2 heteroatoms. The van der Waals surface area contributed by atoms with E-state index >= 15 is 0 Å². The molecule has 13 aromatic rings. The topological polar surface area (TPSA) is 8.17 Å². The van der Waals surface area contributed by atoms with Gasteiger partial charge in [-0.2, -0.15) is 0 Å². The van der Waals surface area contributed by atoms with Crippen LogP contribution in [0.4, 0.5) is 17.1 Å². The number of rotatable bonds is 8. The summed E-state index contributed by atoms with van der Waals surface area (Å²) in [4.78, 5) is 2.44. The predicted molar refractivity (Wildman–Crippen MR) is 299 cm³/mol. The first-order valence-corrected chi connectivity index (χ1v) is 24.6. The minimum atomic E-state index is -0.456. The summed E-state index contributed by atoms with van der Waals surface area (Å²) in [5.41, 5.74) is 18.8. The zero-order valence-corrected chi connectivity index (χ0v) is 39.0. The average molecular weight is 903 g/mol. The molecular weight excluding hydrogens is 857 g/mol. The van der Waals surface area contributed by atoms with Crippen LogP contribution in [0.2, 0.25) is 0 Å². The lowest BCUT2D eigenvalue weighted by Gasteiger charge is -2.33. The van der Waals surface area contributed by atoms with Crippen LogP contribution in [0.5, 0.6) is 0 Å². The first kappa shape index (κ1) is 40.8. The van der Waals surface area contributed by atoms with Crippen LogP contribution in [-0.2, 0) is 5.41 Å². The molecule has 0 radical (unpaired) electrons. The number of benzene rings is 12. The van der Waals surface area contributed by atoms with Gasteiger partial charge in [-0.25, -0.2) is 0 Å². The molecule has 0 bridgehead atoms. The first-order valence-electron chi connectivity index (χ1n) is 24.6. The Hall–Kier alpha value is -9.24. The maximum Gasteiger partial charge on any atom is 0.0713 e. The molecule has 0 N–H and O–H groups in total. The number of hydrogen-bond donors (Lipinski definition) is 0. The fraction of sp³-hybridized carbons (Fsp3) is 0.0145. The van der Waals surface area contributed by atoms with Gasteiger partial charge in [0.1, 0.15) is 0 Å². The van der Waals surface area contributed by atoms with Gasteiger partial charge in [0, 0.05) is 32.9 Å². The Morgan fingerprint density at radius 1 is 0.296 bits per heavy atom. The zero-order valence-electron chi connectivity index (χ0n) is 39.0. The molecule has 14 rings (SSSR count). The van der Waals surface area contributed by atoms with E-state index < -0.39 is 5.41 Å². The summed E-state index contributed by atoms with van der Waals surface area (Å²) in [5.74, 6) is 0. The molecule has 1 heterocycles. The Morgan fingerprint density at radius 2 is 0.803 bits per heavy atom. The van der Waals surface area contributed by atoms with Gasteiger partial charge in [-0.3, -0.25) is 0 Å². The third-order valence-electron chi connectivity index (χ3n) is 15.0. The standard InChI is InChI=1S/C69H46N2/c1-3-25-51(26-4-1)69(52-27-5-2-6-28-52)63-36-15-13-34-59(63)62-46-54(41-43-64(62)69)71-67-37-16-14-35-60(67)61-42-40-50(45-68(61)71)56-31-12-11-30-55(56)49-24-17-29-53(44-49)70(65-38-18-22-47-20-7-9-32-57(47)65)66-39-19-23-48-21-8-10-33-58(48)66/h1-46H. The van der Waals surface area contributed by atoms with Crippen LogP contribution in [-0.4, -0.2) is 4.57 Å². The lowest BCUT2D eigenvalue weighted by atomic mass is 9.68. The van der Waals surface area contributed by atoms with E-state index in [2.05, 4.69) is 289 Å². The molecule has 1 aliphatic rings. The van der Waals surface area contributed by atoms with Crippen LogP contribution in [0.15, 0.2) is 279 Å². The average Bonchev–Trinajstić information content (AvgIpc) is 3.94. The van der Waals surface area contributed by atoms with Crippen LogP contribution in [0.1, 0.15) is 22.3 Å². The van der Waals surface area contributed by atoms with Crippen molar-refractivity contribution in [2.24, 2.45) is 0 Å². The number of nitrogens with zero attached hydrogens (tertiary/aromatic N) is 2. The van der Waals surface area contributed by atoms with Gasteiger partial charge >= 0.3 is 0 Å². The fourth-order valence-electron chi connectivity index (χ4n) is 12.0. The largest absolute Gasteiger partial charge is 0.309 e. The Balaban J connectivity index is 0.936. The number of para-hydroxylation sites is 1. The SMILES string of the molecule is c1ccc(C2(c3ccccc3)c3ccccc3-c3cc(-n4c5ccccc5c5ccc(-c6ccccc6-c6cccc(N(c7cccc8ccccc78)c7cccc8ccccc78)c6)cc54)ccc32)cc1. The van der Waals surface area contributed by atoms with Crippen molar-refractivity contribution in [2.45, 2.75) is 5.41 Å². The highest BCUT2D eigenvalue weighted by Crippen LogP contribution is 2.57. The molecule has 0 atom stereocenters. The van der Waals surface area contributed by atoms with Gasteiger partial charge in [0.15, 0.2) is 0 Å². The smallest absolute Gasteiger partial charge is 0.0713 e. The van der Waals surface area contributed by atoms with Gasteiger partial charge in [0.05, 0.1) is 27.8 Å². The molecule has 332 valence electrons. The fourth-order valence-corrected chi connectivity index (χ4v) is 12.0. The van der Waals surface area contributed by atoms with E-state index in [-0.39, 0.29) is 0 Å². The van der Waals surface area contributed by atoms with Crippen molar-refractivity contribution in [2.75, 3.05) is 4.90 Å². The number of aromatic nitrogens is 1. The summed E-state index contributed by atoms with van der Waals surface area (Å²) >= 11 is 0. The van der Waals surface area contributed by atoms with Gasteiger partial charge in [-0.05, 0) is 115 Å². The quantitative estimate of drug-likeness (QED) is 0.147. The van der Waals surface area contributed by atoms with Crippen LogP contribution in [0, 0.1) is 0 Å². The molecule has 0 spiro atoms. The molecule has 0 fully saturated rings. The van der Waals surface area contributed by atoms with Gasteiger partial charge in [-0.15, -0.1) is 0 Å². The summed E-state index contributed by atoms with van der Waals surface area (Å²) in [6.45, 7) is 0. The summed E-state index contributed by atoms with van der Waals surface area (Å²) < 4.78 is 2.48. The second kappa shape index (κ2) is 16.5. The lowest BCUT2D eigenvalue weighted by molar-refractivity contribution is 0.768. The molecular formula is C69H46N2. The molecule has 0 amide bonds. The number of hydrogen-bond acceptors (Lipinski definition) is 1. The highest BCUT2D eigenvalue weighted by molar-refractivity contribution is 6.11. The van der Waals surface area contributed by atoms with Crippen molar-refractivity contribution in [3.63, 3.8) is 0 Å². The first-order chi connectivity index (χ1) is 35.2. The van der Waals surface area contributed by atoms with Crippen molar-refractivity contribution in [1.29, 1.82) is 0 Å². The minimum absolute atomic E-state index is 0.456. The molecule has 2 nitrogen and oxygen atoms in total. The number of anilines is 3. The molecule has 0 saturated carbocycles. The van der Waals surface area contributed by atoms with Crippen molar-refractivity contribution in [3.05, 3.63) is 301 Å². The van der Waals surface area contributed by atoms with E-state index in [1.807, 2.05) is 0 Å². The molecule has 0 unspecified atom stereocenters. The molecule has 0 aliphatic heterocycles. The van der Waals surface area contributed by atoms with Gasteiger partial charge < -0.3 is 9.47 Å². The second-order valence-electron chi connectivity index (χ2n) is 18.8. The van der Waals surface area contributed by atoms with Crippen LogP contribution in [0.3, 0.4) is 0 Å². The third kappa shape index (κ3) is 6.35. The van der Waals surface area contributed by atoms with Gasteiger partial charge in [0.2, 0.25) is 0 Å². The summed E-state index contributed by atoms with van der Waals surface area (Å²) in [6.07, 6.45) is 0. The second-order valence-corrected chi connectivity index (χ2v) is 18.8. The van der Waals surface area contributed by atoms with E-state index in [0.717, 1.165) is 28.3 Å². The monoisotopic (exact) mass is 902 g/mol. The Labute approximate surface area is 413 Å². The summed E-state index contributed by atoms with van der Waals surface area (Å²) in [5, 5.41) is 7.30. The lowest BCUT2D eigenvalue weighted by Crippen LogP contribution is -2.28. The van der Waals surface area contributed by atoms with Gasteiger partial charge in [0.25, 0.3) is 0 Å². The highest BCUT2D eigenvalue weighted by atomic mass is 15.1. The van der Waals surface area contributed by atoms with Crippen molar-refractivity contribution < 1.29 is 0 Å². The van der Waals surface area contributed by atoms with Crippen LogP contribution >= 0.6 is 0 Å². The van der Waals surface area contributed by atoms with E-state index in [1.54, 1.807) is 0 Å². The summed E-state index contributed by atoms with van der Waals surface area (Å²) in [7, 11) is 0. The maximum atomic E-state index is 2.48. The normalized spacial score (nSPS) is 12.6. The van der Waals surface area contributed by atoms with Crippen molar-refractivity contribution >= 4 is 60.4 Å². The third-order valence-corrected chi connectivity index (χ3v) is 15.0. The molecule has 1 aromatic heterocycles. The Bertz CT molecular complexity index is 4050. The van der Waals surface area contributed by atoms with E-state index in [0.29, 0.717) is 0 Å². The van der Waals surface area contributed by atoms with Gasteiger partial charge in [-0.1, -0.05) is 231 Å². The van der Waals surface area contributed by atoms with Crippen molar-refractivity contribution in [3.8, 4) is 39.1 Å². The van der Waals surface area contributed by atoms with E-state index in [4.69, 9.17) is 0 Å². The Morgan fingerprint density at radius 3 is 1.48 bits per heavy atom. The maximum absolute atomic E-state index is 2.48. The van der Waals surface area contributed by atoms with Crippen LogP contribution in [0.25, 0.3) is 82.4 Å². The molecule has 12 aromatic carbocycles. The van der Waals surface area contributed by atoms with Crippen molar-refractivity contribution in [1.82, 2.24) is 4.57 Å². The molecule has 71 heavy (non-hydrogen) atoms. The zero-order chi connectivity index (χ0) is 46.9. The Kier molecular flexibility index (Phi) is 9.47. The van der Waals surface area contributed by atoms with E-state index in [1.165, 1.54) is 93.4 Å². The predicted octanol–water partition coefficient (Wildman–Crippen LogP) is 18.3. The molecule has 1 aliphatic carbocycles. The molecule has 0 saturated heterocycles. The van der Waals surface area contributed by atoms with E-state index in [9.17, 15) is 0 Å².